The molecule has 1 aromatic carbocycles. The lowest BCUT2D eigenvalue weighted by molar-refractivity contribution is 0.601. The van der Waals surface area contributed by atoms with Crippen molar-refractivity contribution >= 4 is 33.1 Å². The first-order valence-corrected chi connectivity index (χ1v) is 7.24. The second-order valence-corrected chi connectivity index (χ2v) is 6.03. The Morgan fingerprint density at radius 3 is 2.70 bits per heavy atom. The molecule has 7 nitrogen and oxygen atoms in total. The Bertz CT molecular complexity index is 807. The summed E-state index contributed by atoms with van der Waals surface area (Å²) in [5, 5.41) is 15.0. The molecule has 0 bridgehead atoms. The number of aromatic nitrogens is 2. The normalized spacial score (nSPS) is 11.1. The van der Waals surface area contributed by atoms with Gasteiger partial charge in [-0.15, -0.1) is 0 Å². The summed E-state index contributed by atoms with van der Waals surface area (Å²) in [5.41, 5.74) is 6.70. The fraction of sp³-hybridized carbons (Fsp3) is 0.0909. The van der Waals surface area contributed by atoms with Crippen LogP contribution < -0.4 is 10.5 Å². The number of aryl methyl sites for hydroxylation is 1. The quantitative estimate of drug-likeness (QED) is 0.794. The van der Waals surface area contributed by atoms with Crippen molar-refractivity contribution in [3.05, 3.63) is 34.5 Å². The second kappa shape index (κ2) is 5.03. The lowest BCUT2D eigenvalue weighted by Crippen LogP contribution is -2.14. The summed E-state index contributed by atoms with van der Waals surface area (Å²) in [7, 11) is -3.93. The van der Waals surface area contributed by atoms with Crippen LogP contribution in [0.15, 0.2) is 23.1 Å². The first-order valence-electron chi connectivity index (χ1n) is 5.38. The van der Waals surface area contributed by atoms with E-state index in [1.165, 1.54) is 18.2 Å². The monoisotopic (exact) mass is 311 g/mol. The summed E-state index contributed by atoms with van der Waals surface area (Å²) < 4.78 is 26.6. The largest absolute Gasteiger partial charge is 0.394 e. The molecule has 0 aliphatic heterocycles. The number of H-pyrrole nitrogens is 1. The Labute approximate surface area is 120 Å². The molecule has 0 unspecified atom stereocenters. The molecular weight excluding hydrogens is 302 g/mol. The van der Waals surface area contributed by atoms with E-state index in [0.717, 1.165) is 0 Å². The molecule has 1 heterocycles. The third kappa shape index (κ3) is 2.54. The number of halogens is 1. The maximum absolute atomic E-state index is 12.2. The van der Waals surface area contributed by atoms with Gasteiger partial charge < -0.3 is 5.73 Å². The Hall–Kier alpha value is -2.24. The number of nitriles is 1. The number of rotatable bonds is 3. The Balaban J connectivity index is 2.41. The molecule has 4 N–H and O–H groups in total. The SMILES string of the molecule is Cc1[nH]nc(NS(=O)(=O)c2ccc(C#N)cc2Cl)c1N. The van der Waals surface area contributed by atoms with Gasteiger partial charge in [0.05, 0.1) is 28.0 Å². The van der Waals surface area contributed by atoms with Crippen LogP contribution in [0.1, 0.15) is 11.3 Å². The summed E-state index contributed by atoms with van der Waals surface area (Å²) in [6, 6.07) is 5.75. The van der Waals surface area contributed by atoms with E-state index in [1.807, 2.05) is 6.07 Å². The molecular formula is C11H10ClN5O2S. The lowest BCUT2D eigenvalue weighted by atomic mass is 10.2. The minimum absolute atomic E-state index is 0.00271. The third-order valence-corrected chi connectivity index (χ3v) is 4.40. The summed E-state index contributed by atoms with van der Waals surface area (Å²) in [6.07, 6.45) is 0. The maximum atomic E-state index is 12.2. The number of anilines is 2. The standard InChI is InChI=1S/C11H10ClN5O2S/c1-6-10(14)11(16-15-6)17-20(18,19)9-3-2-7(5-13)4-8(9)12/h2-4H,14H2,1H3,(H2,15,16,17). The minimum atomic E-state index is -3.93. The third-order valence-electron chi connectivity index (χ3n) is 2.58. The van der Waals surface area contributed by atoms with E-state index in [4.69, 9.17) is 22.6 Å². The van der Waals surface area contributed by atoms with Crippen LogP contribution in [0.2, 0.25) is 5.02 Å². The molecule has 0 amide bonds. The predicted molar refractivity (Wildman–Crippen MR) is 74.7 cm³/mol. The van der Waals surface area contributed by atoms with Gasteiger partial charge in [0.15, 0.2) is 5.82 Å². The summed E-state index contributed by atoms with van der Waals surface area (Å²) in [5.74, 6) is 0.00271. The van der Waals surface area contributed by atoms with Gasteiger partial charge >= 0.3 is 0 Å². The van der Waals surface area contributed by atoms with Crippen LogP contribution in [0.4, 0.5) is 11.5 Å². The van der Waals surface area contributed by atoms with Gasteiger partial charge in [-0.1, -0.05) is 11.6 Å². The van der Waals surface area contributed by atoms with Crippen molar-refractivity contribution in [2.24, 2.45) is 0 Å². The van der Waals surface area contributed by atoms with Crippen molar-refractivity contribution in [1.29, 1.82) is 5.26 Å². The number of nitrogens with zero attached hydrogens (tertiary/aromatic N) is 2. The molecule has 0 saturated heterocycles. The van der Waals surface area contributed by atoms with Crippen LogP contribution in [0.25, 0.3) is 0 Å². The van der Waals surface area contributed by atoms with E-state index in [-0.39, 0.29) is 27.0 Å². The van der Waals surface area contributed by atoms with Crippen molar-refractivity contribution in [2.45, 2.75) is 11.8 Å². The highest BCUT2D eigenvalue weighted by Gasteiger charge is 2.21. The van der Waals surface area contributed by atoms with E-state index in [1.54, 1.807) is 6.92 Å². The van der Waals surface area contributed by atoms with E-state index in [0.29, 0.717) is 5.69 Å². The molecule has 0 atom stereocenters. The fourth-order valence-electron chi connectivity index (χ4n) is 1.49. The lowest BCUT2D eigenvalue weighted by Gasteiger charge is -2.08. The van der Waals surface area contributed by atoms with Crippen LogP contribution in [0.3, 0.4) is 0 Å². The number of sulfonamides is 1. The number of nitrogen functional groups attached to an aromatic ring is 1. The van der Waals surface area contributed by atoms with Gasteiger partial charge in [-0.3, -0.25) is 9.82 Å². The zero-order valence-electron chi connectivity index (χ0n) is 10.3. The average molecular weight is 312 g/mol. The minimum Gasteiger partial charge on any atom is -0.394 e. The van der Waals surface area contributed by atoms with Crippen LogP contribution >= 0.6 is 11.6 Å². The fourth-order valence-corrected chi connectivity index (χ4v) is 3.05. The molecule has 0 aliphatic rings. The van der Waals surface area contributed by atoms with Crippen molar-refractivity contribution in [2.75, 3.05) is 10.5 Å². The van der Waals surface area contributed by atoms with Crippen LogP contribution in [0.5, 0.6) is 0 Å². The molecule has 20 heavy (non-hydrogen) atoms. The van der Waals surface area contributed by atoms with Crippen LogP contribution in [-0.2, 0) is 10.0 Å². The van der Waals surface area contributed by atoms with Crippen molar-refractivity contribution in [3.63, 3.8) is 0 Å². The summed E-state index contributed by atoms with van der Waals surface area (Å²) in [4.78, 5) is -0.154. The molecule has 0 fully saturated rings. The summed E-state index contributed by atoms with van der Waals surface area (Å²) in [6.45, 7) is 1.66. The van der Waals surface area contributed by atoms with Gasteiger partial charge in [-0.25, -0.2) is 8.42 Å². The second-order valence-electron chi connectivity index (χ2n) is 3.97. The number of hydrogen-bond donors (Lipinski definition) is 3. The number of nitrogens with one attached hydrogen (secondary N) is 2. The highest BCUT2D eigenvalue weighted by atomic mass is 35.5. The Morgan fingerprint density at radius 2 is 2.20 bits per heavy atom. The van der Waals surface area contributed by atoms with Gasteiger partial charge in [-0.2, -0.15) is 10.4 Å². The molecule has 0 saturated carbocycles. The molecule has 0 radical (unpaired) electrons. The predicted octanol–water partition coefficient (Wildman–Crippen LogP) is 1.63. The van der Waals surface area contributed by atoms with Gasteiger partial charge in [0.2, 0.25) is 0 Å². The van der Waals surface area contributed by atoms with Crippen molar-refractivity contribution < 1.29 is 8.42 Å². The van der Waals surface area contributed by atoms with Gasteiger partial charge in [0, 0.05) is 0 Å². The van der Waals surface area contributed by atoms with Crippen molar-refractivity contribution in [3.8, 4) is 6.07 Å². The number of nitrogens with two attached hydrogens (primary N) is 1. The van der Waals surface area contributed by atoms with E-state index < -0.39 is 10.0 Å². The Morgan fingerprint density at radius 1 is 1.50 bits per heavy atom. The molecule has 0 spiro atoms. The van der Waals surface area contributed by atoms with Crippen LogP contribution in [-0.4, -0.2) is 18.6 Å². The highest BCUT2D eigenvalue weighted by Crippen LogP contribution is 2.26. The molecule has 104 valence electrons. The molecule has 2 aromatic rings. The first kappa shape index (κ1) is 14.2. The number of benzene rings is 1. The first-order chi connectivity index (χ1) is 9.35. The van der Waals surface area contributed by atoms with Gasteiger partial charge in [0.1, 0.15) is 4.90 Å². The maximum Gasteiger partial charge on any atom is 0.264 e. The smallest absolute Gasteiger partial charge is 0.264 e. The van der Waals surface area contributed by atoms with Gasteiger partial charge in [0.25, 0.3) is 10.0 Å². The van der Waals surface area contributed by atoms with Crippen molar-refractivity contribution in [1.82, 2.24) is 10.2 Å². The molecule has 2 rings (SSSR count). The highest BCUT2D eigenvalue weighted by molar-refractivity contribution is 7.92. The average Bonchev–Trinajstić information content (AvgIpc) is 2.69. The van der Waals surface area contributed by atoms with Gasteiger partial charge in [-0.05, 0) is 25.1 Å². The summed E-state index contributed by atoms with van der Waals surface area (Å²) >= 11 is 5.87. The number of aromatic amines is 1. The molecule has 0 aliphatic carbocycles. The zero-order valence-corrected chi connectivity index (χ0v) is 11.9. The molecule has 9 heteroatoms. The topological polar surface area (TPSA) is 125 Å². The van der Waals surface area contributed by atoms with E-state index in [2.05, 4.69) is 14.9 Å². The van der Waals surface area contributed by atoms with E-state index >= 15 is 0 Å². The Kier molecular flexibility index (Phi) is 3.57. The van der Waals surface area contributed by atoms with Crippen LogP contribution in [0, 0.1) is 18.3 Å². The molecule has 1 aromatic heterocycles. The number of hydrogen-bond acceptors (Lipinski definition) is 5. The van der Waals surface area contributed by atoms with E-state index in [9.17, 15) is 8.42 Å². The zero-order chi connectivity index (χ0) is 14.9.